The van der Waals surface area contributed by atoms with Crippen molar-refractivity contribution in [2.75, 3.05) is 0 Å². The van der Waals surface area contributed by atoms with Gasteiger partial charge in [0.15, 0.2) is 0 Å². The molecular weight excluding hydrogens is 112 g/mol. The van der Waals surface area contributed by atoms with Crippen LogP contribution in [-0.4, -0.2) is 9.78 Å². The Hall–Kier alpha value is -0.790. The summed E-state index contributed by atoms with van der Waals surface area (Å²) >= 11 is 0. The Bertz CT molecular complexity index is 201. The van der Waals surface area contributed by atoms with Gasteiger partial charge in [-0.15, -0.1) is 0 Å². The molecule has 0 saturated heterocycles. The first-order valence-corrected chi connectivity index (χ1v) is 3.23. The fraction of sp³-hybridized carbons (Fsp3) is 0.571. The Morgan fingerprint density at radius 1 is 1.67 bits per heavy atom. The van der Waals surface area contributed by atoms with Gasteiger partial charge in [0.05, 0.1) is 6.20 Å². The van der Waals surface area contributed by atoms with Gasteiger partial charge >= 0.3 is 0 Å². The highest BCUT2D eigenvalue weighted by Crippen LogP contribution is 2.04. The van der Waals surface area contributed by atoms with Crippen molar-refractivity contribution in [2.24, 2.45) is 7.05 Å². The fourth-order valence-electron chi connectivity index (χ4n) is 0.891. The van der Waals surface area contributed by atoms with Crippen LogP contribution in [0.2, 0.25) is 0 Å². The van der Waals surface area contributed by atoms with Crippen LogP contribution in [0, 0.1) is 6.92 Å². The highest BCUT2D eigenvalue weighted by atomic mass is 15.3. The standard InChI is InChI=1S/C7H12N2/c1-4-7-5-8-9(3)6(7)2/h5H,4H2,1-3H3. The summed E-state index contributed by atoms with van der Waals surface area (Å²) in [5.41, 5.74) is 2.62. The lowest BCUT2D eigenvalue weighted by Crippen LogP contribution is -1.93. The Balaban J connectivity index is 3.04. The largest absolute Gasteiger partial charge is 0.273 e. The molecule has 0 saturated carbocycles. The van der Waals surface area contributed by atoms with Crippen LogP contribution < -0.4 is 0 Å². The van der Waals surface area contributed by atoms with Crippen LogP contribution in [0.1, 0.15) is 18.2 Å². The third-order valence-corrected chi connectivity index (χ3v) is 1.72. The summed E-state index contributed by atoms with van der Waals surface area (Å²) in [5, 5.41) is 4.10. The Kier molecular flexibility index (Phi) is 1.56. The smallest absolute Gasteiger partial charge is 0.0524 e. The van der Waals surface area contributed by atoms with E-state index >= 15 is 0 Å². The van der Waals surface area contributed by atoms with Crippen molar-refractivity contribution < 1.29 is 0 Å². The molecule has 2 nitrogen and oxygen atoms in total. The van der Waals surface area contributed by atoms with Gasteiger partial charge < -0.3 is 0 Å². The van der Waals surface area contributed by atoms with Crippen LogP contribution in [0.4, 0.5) is 0 Å². The summed E-state index contributed by atoms with van der Waals surface area (Å²) in [5.74, 6) is 0. The van der Waals surface area contributed by atoms with E-state index in [0.29, 0.717) is 0 Å². The zero-order chi connectivity index (χ0) is 6.85. The second-order valence-electron chi connectivity index (χ2n) is 2.23. The highest BCUT2D eigenvalue weighted by molar-refractivity contribution is 5.14. The van der Waals surface area contributed by atoms with E-state index < -0.39 is 0 Å². The summed E-state index contributed by atoms with van der Waals surface area (Å²) in [6.07, 6.45) is 3.01. The number of aromatic nitrogens is 2. The van der Waals surface area contributed by atoms with Gasteiger partial charge in [-0.2, -0.15) is 5.10 Å². The number of nitrogens with zero attached hydrogens (tertiary/aromatic N) is 2. The molecule has 0 spiro atoms. The normalized spacial score (nSPS) is 10.1. The van der Waals surface area contributed by atoms with Gasteiger partial charge in [0.1, 0.15) is 0 Å². The molecule has 0 aliphatic carbocycles. The minimum absolute atomic E-state index is 1.08. The lowest BCUT2D eigenvalue weighted by Gasteiger charge is -1.93. The van der Waals surface area contributed by atoms with Crippen molar-refractivity contribution in [1.82, 2.24) is 9.78 Å². The fourth-order valence-corrected chi connectivity index (χ4v) is 0.891. The molecule has 1 aromatic heterocycles. The molecule has 0 amide bonds. The van der Waals surface area contributed by atoms with Crippen LogP contribution in [-0.2, 0) is 13.5 Å². The third-order valence-electron chi connectivity index (χ3n) is 1.72. The number of hydrogen-bond acceptors (Lipinski definition) is 1. The summed E-state index contributed by atoms with van der Waals surface area (Å²) in [6.45, 7) is 4.23. The summed E-state index contributed by atoms with van der Waals surface area (Å²) in [7, 11) is 1.97. The molecule has 0 aliphatic rings. The van der Waals surface area contributed by atoms with E-state index in [1.54, 1.807) is 0 Å². The van der Waals surface area contributed by atoms with E-state index in [0.717, 1.165) is 6.42 Å². The van der Waals surface area contributed by atoms with Crippen molar-refractivity contribution in [1.29, 1.82) is 0 Å². The zero-order valence-corrected chi connectivity index (χ0v) is 6.18. The van der Waals surface area contributed by atoms with Crippen LogP contribution in [0.5, 0.6) is 0 Å². The summed E-state index contributed by atoms with van der Waals surface area (Å²) in [6, 6.07) is 0. The Labute approximate surface area is 55.5 Å². The van der Waals surface area contributed by atoms with Crippen molar-refractivity contribution >= 4 is 0 Å². The first-order chi connectivity index (χ1) is 4.25. The third kappa shape index (κ3) is 0.969. The van der Waals surface area contributed by atoms with Gasteiger partial charge in [0.25, 0.3) is 0 Å². The molecule has 0 atom stereocenters. The van der Waals surface area contributed by atoms with Crippen molar-refractivity contribution in [3.63, 3.8) is 0 Å². The molecule has 0 bridgehead atoms. The van der Waals surface area contributed by atoms with Crippen LogP contribution in [0.25, 0.3) is 0 Å². The molecule has 2 heteroatoms. The monoisotopic (exact) mass is 124 g/mol. The molecular formula is C7H12N2. The molecule has 0 N–H and O–H groups in total. The van der Waals surface area contributed by atoms with E-state index in [9.17, 15) is 0 Å². The lowest BCUT2D eigenvalue weighted by atomic mass is 10.2. The Morgan fingerprint density at radius 2 is 2.33 bits per heavy atom. The molecule has 1 aromatic rings. The van der Waals surface area contributed by atoms with Gasteiger partial charge in [-0.05, 0) is 18.9 Å². The van der Waals surface area contributed by atoms with Gasteiger partial charge in [0, 0.05) is 12.7 Å². The van der Waals surface area contributed by atoms with Crippen molar-refractivity contribution in [3.8, 4) is 0 Å². The lowest BCUT2D eigenvalue weighted by molar-refractivity contribution is 0.738. The van der Waals surface area contributed by atoms with Crippen LogP contribution in [0.3, 0.4) is 0 Å². The van der Waals surface area contributed by atoms with E-state index in [1.165, 1.54) is 11.3 Å². The molecule has 1 heterocycles. The van der Waals surface area contributed by atoms with Gasteiger partial charge in [-0.1, -0.05) is 6.92 Å². The Morgan fingerprint density at radius 3 is 2.56 bits per heavy atom. The summed E-state index contributed by atoms with van der Waals surface area (Å²) in [4.78, 5) is 0. The second kappa shape index (κ2) is 2.21. The van der Waals surface area contributed by atoms with Gasteiger partial charge in [-0.3, -0.25) is 4.68 Å². The minimum Gasteiger partial charge on any atom is -0.273 e. The average molecular weight is 124 g/mol. The molecule has 9 heavy (non-hydrogen) atoms. The molecule has 1 rings (SSSR count). The number of aryl methyl sites for hydroxylation is 2. The first-order valence-electron chi connectivity index (χ1n) is 3.23. The van der Waals surface area contributed by atoms with Gasteiger partial charge in [-0.25, -0.2) is 0 Å². The number of hydrogen-bond donors (Lipinski definition) is 0. The highest BCUT2D eigenvalue weighted by Gasteiger charge is 1.98. The van der Waals surface area contributed by atoms with E-state index in [4.69, 9.17) is 0 Å². The topological polar surface area (TPSA) is 17.8 Å². The summed E-state index contributed by atoms with van der Waals surface area (Å²) < 4.78 is 1.90. The minimum atomic E-state index is 1.08. The van der Waals surface area contributed by atoms with Crippen LogP contribution in [0.15, 0.2) is 6.20 Å². The number of rotatable bonds is 1. The maximum absolute atomic E-state index is 4.10. The zero-order valence-electron chi connectivity index (χ0n) is 6.18. The SMILES string of the molecule is CCc1cnn(C)c1C. The predicted molar refractivity (Wildman–Crippen MR) is 37.3 cm³/mol. The molecule has 0 fully saturated rings. The molecule has 0 aliphatic heterocycles. The predicted octanol–water partition coefficient (Wildman–Crippen LogP) is 1.29. The maximum atomic E-state index is 4.10. The van der Waals surface area contributed by atoms with Crippen molar-refractivity contribution in [3.05, 3.63) is 17.5 Å². The quantitative estimate of drug-likeness (QED) is 0.551. The van der Waals surface area contributed by atoms with E-state index in [-0.39, 0.29) is 0 Å². The molecule has 0 radical (unpaired) electrons. The van der Waals surface area contributed by atoms with Gasteiger partial charge in [0.2, 0.25) is 0 Å². The van der Waals surface area contributed by atoms with E-state index in [2.05, 4.69) is 18.9 Å². The maximum Gasteiger partial charge on any atom is 0.0524 e. The van der Waals surface area contributed by atoms with Crippen molar-refractivity contribution in [2.45, 2.75) is 20.3 Å². The average Bonchev–Trinajstić information content (AvgIpc) is 2.15. The second-order valence-corrected chi connectivity index (χ2v) is 2.23. The molecule has 0 unspecified atom stereocenters. The first kappa shape index (κ1) is 6.33. The van der Waals surface area contributed by atoms with E-state index in [1.807, 2.05) is 17.9 Å². The molecule has 0 aromatic carbocycles. The van der Waals surface area contributed by atoms with Crippen LogP contribution >= 0.6 is 0 Å². The molecule has 50 valence electrons.